The third-order valence-electron chi connectivity index (χ3n) is 2.88. The van der Waals surface area contributed by atoms with Gasteiger partial charge in [0.15, 0.2) is 5.96 Å². The van der Waals surface area contributed by atoms with Crippen LogP contribution in [0, 0.1) is 0 Å². The van der Waals surface area contributed by atoms with Crippen LogP contribution >= 0.6 is 51.2 Å². The molecular formula is C15H20BrIN4OS. The average Bonchev–Trinajstić information content (AvgIpc) is 2.93. The fraction of sp³-hybridized carbons (Fsp3) is 0.333. The van der Waals surface area contributed by atoms with Crippen molar-refractivity contribution < 1.29 is 4.74 Å². The Balaban J connectivity index is 0.00000264. The van der Waals surface area contributed by atoms with Gasteiger partial charge in [-0.25, -0.2) is 0 Å². The fourth-order valence-electron chi connectivity index (χ4n) is 1.89. The highest BCUT2D eigenvalue weighted by Crippen LogP contribution is 2.22. The minimum absolute atomic E-state index is 0. The first kappa shape index (κ1) is 20.2. The summed E-state index contributed by atoms with van der Waals surface area (Å²) in [5.74, 6) is 1.62. The van der Waals surface area contributed by atoms with E-state index in [4.69, 9.17) is 4.74 Å². The Bertz CT molecular complexity index is 609. The van der Waals surface area contributed by atoms with Crippen molar-refractivity contribution in [1.82, 2.24) is 15.2 Å². The minimum atomic E-state index is 0. The SMILES string of the molecule is CN=C(NCCOc1cccnc1)N(C)Cc1ccc(Br)s1.I. The zero-order valence-corrected chi connectivity index (χ0v) is 17.8. The van der Waals surface area contributed by atoms with E-state index < -0.39 is 0 Å². The Labute approximate surface area is 166 Å². The van der Waals surface area contributed by atoms with E-state index in [0.717, 1.165) is 22.0 Å². The normalized spacial score (nSPS) is 10.8. The number of rotatable bonds is 6. The van der Waals surface area contributed by atoms with Gasteiger partial charge in [-0.1, -0.05) is 0 Å². The molecule has 5 nitrogen and oxygen atoms in total. The number of aromatic nitrogens is 1. The van der Waals surface area contributed by atoms with Crippen LogP contribution in [0.4, 0.5) is 0 Å². The van der Waals surface area contributed by atoms with Gasteiger partial charge in [-0.3, -0.25) is 9.98 Å². The van der Waals surface area contributed by atoms with Gasteiger partial charge < -0.3 is 15.0 Å². The molecule has 2 aromatic rings. The summed E-state index contributed by atoms with van der Waals surface area (Å²) in [5, 5.41) is 3.29. The fourth-order valence-corrected chi connectivity index (χ4v) is 3.43. The summed E-state index contributed by atoms with van der Waals surface area (Å²) in [6, 6.07) is 7.92. The van der Waals surface area contributed by atoms with Crippen LogP contribution < -0.4 is 10.1 Å². The molecule has 0 fully saturated rings. The second-order valence-corrected chi connectivity index (χ2v) is 7.12. The molecule has 0 aromatic carbocycles. The highest BCUT2D eigenvalue weighted by Gasteiger charge is 2.07. The van der Waals surface area contributed by atoms with E-state index in [-0.39, 0.29) is 24.0 Å². The molecule has 0 unspecified atom stereocenters. The first-order valence-electron chi connectivity index (χ1n) is 6.88. The third kappa shape index (κ3) is 7.05. The lowest BCUT2D eigenvalue weighted by Gasteiger charge is -2.21. The van der Waals surface area contributed by atoms with Crippen molar-refractivity contribution >= 4 is 57.2 Å². The zero-order valence-electron chi connectivity index (χ0n) is 13.0. The molecule has 1 N–H and O–H groups in total. The molecule has 2 heterocycles. The largest absolute Gasteiger partial charge is 0.490 e. The van der Waals surface area contributed by atoms with Gasteiger partial charge >= 0.3 is 0 Å². The maximum Gasteiger partial charge on any atom is 0.193 e. The average molecular weight is 511 g/mol. The highest BCUT2D eigenvalue weighted by molar-refractivity contribution is 14.0. The minimum Gasteiger partial charge on any atom is -0.490 e. The highest BCUT2D eigenvalue weighted by atomic mass is 127. The molecule has 23 heavy (non-hydrogen) atoms. The van der Waals surface area contributed by atoms with Crippen LogP contribution in [0.3, 0.4) is 0 Å². The molecule has 8 heteroatoms. The van der Waals surface area contributed by atoms with Crippen LogP contribution in [0.15, 0.2) is 45.4 Å². The Kier molecular flexibility index (Phi) is 9.49. The number of nitrogens with one attached hydrogen (secondary N) is 1. The lowest BCUT2D eigenvalue weighted by molar-refractivity contribution is 0.318. The van der Waals surface area contributed by atoms with Crippen molar-refractivity contribution in [3.05, 3.63) is 45.3 Å². The number of ether oxygens (including phenoxy) is 1. The maximum atomic E-state index is 5.60. The number of thiophene rings is 1. The number of nitrogens with zero attached hydrogens (tertiary/aromatic N) is 3. The molecule has 0 amide bonds. The van der Waals surface area contributed by atoms with Crippen LogP contribution in [0.5, 0.6) is 5.75 Å². The summed E-state index contributed by atoms with van der Waals surface area (Å²) >= 11 is 5.21. The summed E-state index contributed by atoms with van der Waals surface area (Å²) in [5.41, 5.74) is 0. The number of guanidine groups is 1. The standard InChI is InChI=1S/C15H19BrN4OS.HI/c1-17-15(20(2)11-13-5-6-14(16)22-13)19-8-9-21-12-4-3-7-18-10-12;/h3-7,10H,8-9,11H2,1-2H3,(H,17,19);1H. The lowest BCUT2D eigenvalue weighted by atomic mass is 10.4. The van der Waals surface area contributed by atoms with Gasteiger partial charge in [0.05, 0.1) is 23.1 Å². The number of hydrogen-bond donors (Lipinski definition) is 1. The molecular weight excluding hydrogens is 491 g/mol. The molecule has 0 atom stereocenters. The van der Waals surface area contributed by atoms with Crippen molar-refractivity contribution in [1.29, 1.82) is 0 Å². The molecule has 126 valence electrons. The van der Waals surface area contributed by atoms with Crippen molar-refractivity contribution in [2.24, 2.45) is 4.99 Å². The molecule has 0 spiro atoms. The summed E-state index contributed by atoms with van der Waals surface area (Å²) in [6.45, 7) is 2.06. The maximum absolute atomic E-state index is 5.60. The van der Waals surface area contributed by atoms with Gasteiger partial charge in [-0.2, -0.15) is 0 Å². The van der Waals surface area contributed by atoms with Crippen molar-refractivity contribution in [2.45, 2.75) is 6.54 Å². The first-order valence-corrected chi connectivity index (χ1v) is 8.49. The van der Waals surface area contributed by atoms with Crippen LogP contribution in [-0.4, -0.2) is 43.1 Å². The van der Waals surface area contributed by atoms with E-state index in [1.54, 1.807) is 30.8 Å². The smallest absolute Gasteiger partial charge is 0.193 e. The van der Waals surface area contributed by atoms with Gasteiger partial charge in [-0.05, 0) is 40.2 Å². The summed E-state index contributed by atoms with van der Waals surface area (Å²) in [6.07, 6.45) is 3.43. The van der Waals surface area contributed by atoms with E-state index in [9.17, 15) is 0 Å². The van der Waals surface area contributed by atoms with E-state index in [2.05, 4.69) is 48.3 Å². The summed E-state index contributed by atoms with van der Waals surface area (Å²) in [7, 11) is 3.80. The van der Waals surface area contributed by atoms with E-state index in [1.807, 2.05) is 19.2 Å². The predicted molar refractivity (Wildman–Crippen MR) is 110 cm³/mol. The molecule has 0 bridgehead atoms. The Hall–Kier alpha value is -0.870. The van der Waals surface area contributed by atoms with Gasteiger partial charge in [0.1, 0.15) is 12.4 Å². The van der Waals surface area contributed by atoms with Gasteiger partial charge in [0.25, 0.3) is 0 Å². The predicted octanol–water partition coefficient (Wildman–Crippen LogP) is 3.61. The molecule has 0 aliphatic heterocycles. The third-order valence-corrected chi connectivity index (χ3v) is 4.49. The molecule has 0 radical (unpaired) electrons. The number of pyridine rings is 1. The Morgan fingerprint density at radius 3 is 2.87 bits per heavy atom. The molecule has 2 rings (SSSR count). The molecule has 2 aromatic heterocycles. The van der Waals surface area contributed by atoms with Gasteiger partial charge in [-0.15, -0.1) is 35.3 Å². The van der Waals surface area contributed by atoms with Gasteiger partial charge in [0.2, 0.25) is 0 Å². The van der Waals surface area contributed by atoms with Crippen LogP contribution in [0.2, 0.25) is 0 Å². The van der Waals surface area contributed by atoms with Gasteiger partial charge in [0, 0.05) is 25.2 Å². The molecule has 0 aliphatic rings. The van der Waals surface area contributed by atoms with Crippen molar-refractivity contribution in [2.75, 3.05) is 27.2 Å². The number of hydrogen-bond acceptors (Lipinski definition) is 4. The number of halogens is 2. The van der Waals surface area contributed by atoms with E-state index in [1.165, 1.54) is 4.88 Å². The molecule has 0 saturated carbocycles. The van der Waals surface area contributed by atoms with Crippen LogP contribution in [-0.2, 0) is 6.54 Å². The summed E-state index contributed by atoms with van der Waals surface area (Å²) < 4.78 is 6.74. The molecule has 0 saturated heterocycles. The quantitative estimate of drug-likeness (QED) is 0.279. The Morgan fingerprint density at radius 2 is 2.26 bits per heavy atom. The second-order valence-electron chi connectivity index (χ2n) is 4.57. The Morgan fingerprint density at radius 1 is 1.43 bits per heavy atom. The lowest BCUT2D eigenvalue weighted by Crippen LogP contribution is -2.40. The van der Waals surface area contributed by atoms with Crippen LogP contribution in [0.1, 0.15) is 4.88 Å². The molecule has 0 aliphatic carbocycles. The second kappa shape index (κ2) is 10.8. The zero-order chi connectivity index (χ0) is 15.8. The van der Waals surface area contributed by atoms with E-state index >= 15 is 0 Å². The van der Waals surface area contributed by atoms with Crippen LogP contribution in [0.25, 0.3) is 0 Å². The van der Waals surface area contributed by atoms with E-state index in [0.29, 0.717) is 13.2 Å². The van der Waals surface area contributed by atoms with Crippen molar-refractivity contribution in [3.63, 3.8) is 0 Å². The number of aliphatic imine (C=N–C) groups is 1. The topological polar surface area (TPSA) is 49.8 Å². The first-order chi connectivity index (χ1) is 10.7. The monoisotopic (exact) mass is 510 g/mol. The summed E-state index contributed by atoms with van der Waals surface area (Å²) in [4.78, 5) is 11.7. The van der Waals surface area contributed by atoms with Crippen molar-refractivity contribution in [3.8, 4) is 5.75 Å².